The largest absolute Gasteiger partial charge is 0.444 e. The zero-order valence-electron chi connectivity index (χ0n) is 13.4. The lowest BCUT2D eigenvalue weighted by Gasteiger charge is -2.23. The molecule has 1 heterocycles. The van der Waals surface area contributed by atoms with Gasteiger partial charge in [0.1, 0.15) is 12.1 Å². The summed E-state index contributed by atoms with van der Waals surface area (Å²) in [6.07, 6.45) is -0.667. The van der Waals surface area contributed by atoms with Crippen molar-refractivity contribution >= 4 is 33.4 Å². The molecular weight excluding hydrogens is 346 g/mol. The second-order valence-corrected chi connectivity index (χ2v) is 8.35. The van der Waals surface area contributed by atoms with Gasteiger partial charge in [-0.3, -0.25) is 4.79 Å². The minimum atomic E-state index is -3.97. The van der Waals surface area contributed by atoms with Crippen LogP contribution in [0.25, 0.3) is 0 Å². The summed E-state index contributed by atoms with van der Waals surface area (Å²) >= 11 is 0.657. The Morgan fingerprint density at radius 3 is 2.43 bits per heavy atom. The highest BCUT2D eigenvalue weighted by atomic mass is 32.2. The summed E-state index contributed by atoms with van der Waals surface area (Å²) in [4.78, 5) is 28.5. The molecule has 23 heavy (non-hydrogen) atoms. The van der Waals surface area contributed by atoms with Gasteiger partial charge in [-0.15, -0.1) is 5.10 Å². The SMILES string of the molecule is CN(CC(=O)N=c1sc(S(N)(=O)=O)nn1C)C(=O)OC(C)(C)C. The van der Waals surface area contributed by atoms with Crippen LogP contribution in [0.5, 0.6) is 0 Å². The van der Waals surface area contributed by atoms with Gasteiger partial charge in [0.2, 0.25) is 9.14 Å². The summed E-state index contributed by atoms with van der Waals surface area (Å²) in [7, 11) is -1.15. The Hall–Kier alpha value is -1.79. The van der Waals surface area contributed by atoms with E-state index >= 15 is 0 Å². The van der Waals surface area contributed by atoms with Crippen molar-refractivity contribution in [1.82, 2.24) is 14.7 Å². The van der Waals surface area contributed by atoms with Crippen LogP contribution in [0.15, 0.2) is 9.33 Å². The zero-order valence-corrected chi connectivity index (χ0v) is 15.1. The van der Waals surface area contributed by atoms with Gasteiger partial charge in [-0.25, -0.2) is 23.0 Å². The molecule has 2 amide bonds. The minimum Gasteiger partial charge on any atom is -0.444 e. The standard InChI is InChI=1S/C11H19N5O5S2/c1-11(2,3)21-10(18)15(4)6-7(17)13-8-16(5)14-9(22-8)23(12,19)20/h6H2,1-5H3,(H2,12,19,20). The maximum absolute atomic E-state index is 11.9. The summed E-state index contributed by atoms with van der Waals surface area (Å²) < 4.78 is 28.3. The number of ether oxygens (including phenoxy) is 1. The van der Waals surface area contributed by atoms with Crippen LogP contribution in [-0.2, 0) is 26.6 Å². The van der Waals surface area contributed by atoms with Crippen molar-refractivity contribution in [2.45, 2.75) is 30.7 Å². The van der Waals surface area contributed by atoms with Gasteiger partial charge in [-0.1, -0.05) is 11.3 Å². The van der Waals surface area contributed by atoms with Crippen LogP contribution in [0.2, 0.25) is 0 Å². The van der Waals surface area contributed by atoms with Crippen molar-refractivity contribution in [3.8, 4) is 0 Å². The number of hydrogen-bond donors (Lipinski definition) is 1. The molecular formula is C11H19N5O5S2. The number of rotatable bonds is 3. The smallest absolute Gasteiger partial charge is 0.410 e. The molecule has 1 rings (SSSR count). The van der Waals surface area contributed by atoms with Crippen LogP contribution in [0.4, 0.5) is 4.79 Å². The third-order valence-electron chi connectivity index (χ3n) is 2.23. The van der Waals surface area contributed by atoms with Crippen LogP contribution in [0.1, 0.15) is 20.8 Å². The molecule has 0 aliphatic rings. The molecule has 0 aliphatic heterocycles. The lowest BCUT2D eigenvalue weighted by Crippen LogP contribution is -2.37. The van der Waals surface area contributed by atoms with E-state index < -0.39 is 27.6 Å². The number of carbonyl (C=O) groups excluding carboxylic acids is 2. The molecule has 0 saturated heterocycles. The number of hydrogen-bond acceptors (Lipinski definition) is 7. The average molecular weight is 365 g/mol. The highest BCUT2D eigenvalue weighted by Crippen LogP contribution is 2.09. The first-order valence-corrected chi connectivity index (χ1v) is 8.74. The first kappa shape index (κ1) is 19.3. The van der Waals surface area contributed by atoms with E-state index in [0.717, 1.165) is 9.58 Å². The summed E-state index contributed by atoms with van der Waals surface area (Å²) in [5.41, 5.74) is -0.681. The summed E-state index contributed by atoms with van der Waals surface area (Å²) in [6.45, 7) is 4.79. The van der Waals surface area contributed by atoms with Gasteiger partial charge >= 0.3 is 6.09 Å². The zero-order chi connectivity index (χ0) is 18.0. The molecule has 0 unspecified atom stereocenters. The van der Waals surface area contributed by atoms with Gasteiger partial charge in [-0.2, -0.15) is 4.99 Å². The Bertz CT molecular complexity index is 771. The first-order valence-electron chi connectivity index (χ1n) is 6.38. The maximum Gasteiger partial charge on any atom is 0.410 e. The van der Waals surface area contributed by atoms with Crippen molar-refractivity contribution < 1.29 is 22.7 Å². The van der Waals surface area contributed by atoms with Gasteiger partial charge in [0.25, 0.3) is 15.9 Å². The summed E-state index contributed by atoms with van der Waals surface area (Å²) in [6, 6.07) is 0. The van der Waals surface area contributed by atoms with Gasteiger partial charge in [0.15, 0.2) is 0 Å². The van der Waals surface area contributed by atoms with Gasteiger partial charge in [0.05, 0.1) is 0 Å². The monoisotopic (exact) mass is 365 g/mol. The predicted molar refractivity (Wildman–Crippen MR) is 81.9 cm³/mol. The number of aryl methyl sites for hydroxylation is 1. The minimum absolute atomic E-state index is 0.0524. The van der Waals surface area contributed by atoms with E-state index in [1.165, 1.54) is 14.1 Å². The van der Waals surface area contributed by atoms with Crippen LogP contribution < -0.4 is 9.94 Å². The quantitative estimate of drug-likeness (QED) is 0.761. The van der Waals surface area contributed by atoms with Crippen LogP contribution in [-0.4, -0.2) is 54.3 Å². The number of nitrogens with two attached hydrogens (primary N) is 1. The highest BCUT2D eigenvalue weighted by Gasteiger charge is 2.21. The Morgan fingerprint density at radius 2 is 2.00 bits per heavy atom. The van der Waals surface area contributed by atoms with Gasteiger partial charge < -0.3 is 9.64 Å². The molecule has 2 N–H and O–H groups in total. The Balaban J connectivity index is 2.88. The third kappa shape index (κ3) is 6.08. The highest BCUT2D eigenvalue weighted by molar-refractivity contribution is 7.91. The van der Waals surface area contributed by atoms with E-state index in [2.05, 4.69) is 10.1 Å². The van der Waals surface area contributed by atoms with Crippen LogP contribution in [0, 0.1) is 0 Å². The molecule has 0 fully saturated rings. The fraction of sp³-hybridized carbons (Fsp3) is 0.636. The lowest BCUT2D eigenvalue weighted by atomic mass is 10.2. The average Bonchev–Trinajstić information content (AvgIpc) is 2.68. The second kappa shape index (κ2) is 6.76. The molecule has 0 aromatic carbocycles. The van der Waals surface area contributed by atoms with Crippen molar-refractivity contribution in [3.05, 3.63) is 4.80 Å². The second-order valence-electron chi connectivity index (χ2n) is 5.66. The molecule has 130 valence electrons. The normalized spacial score (nSPS) is 13.0. The molecule has 1 aromatic rings. The topological polar surface area (TPSA) is 137 Å². The van der Waals surface area contributed by atoms with Gasteiger partial charge in [0, 0.05) is 14.1 Å². The van der Waals surface area contributed by atoms with Crippen LogP contribution >= 0.6 is 11.3 Å². The number of amides is 2. The molecule has 0 spiro atoms. The van der Waals surface area contributed by atoms with E-state index in [4.69, 9.17) is 9.88 Å². The first-order chi connectivity index (χ1) is 10.3. The number of carbonyl (C=O) groups is 2. The Labute approximate surface area is 137 Å². The molecule has 0 atom stereocenters. The fourth-order valence-electron chi connectivity index (χ4n) is 1.29. The fourth-order valence-corrected chi connectivity index (χ4v) is 2.85. The molecule has 12 heteroatoms. The summed E-state index contributed by atoms with van der Waals surface area (Å²) in [5.74, 6) is -0.654. The predicted octanol–water partition coefficient (Wildman–Crippen LogP) is -0.577. The van der Waals surface area contributed by atoms with Crippen molar-refractivity contribution in [2.75, 3.05) is 13.6 Å². The molecule has 0 aliphatic carbocycles. The summed E-state index contributed by atoms with van der Waals surface area (Å²) in [5, 5.41) is 8.63. The van der Waals surface area contributed by atoms with E-state index in [9.17, 15) is 18.0 Å². The Morgan fingerprint density at radius 1 is 1.43 bits per heavy atom. The number of primary sulfonamides is 1. The molecule has 0 saturated carbocycles. The van der Waals surface area contributed by atoms with E-state index in [-0.39, 0.29) is 15.7 Å². The van der Waals surface area contributed by atoms with E-state index in [1.807, 2.05) is 0 Å². The maximum atomic E-state index is 11.9. The van der Waals surface area contributed by atoms with Crippen LogP contribution in [0.3, 0.4) is 0 Å². The van der Waals surface area contributed by atoms with E-state index in [0.29, 0.717) is 11.3 Å². The van der Waals surface area contributed by atoms with Crippen molar-refractivity contribution in [1.29, 1.82) is 0 Å². The van der Waals surface area contributed by atoms with Gasteiger partial charge in [-0.05, 0) is 20.8 Å². The van der Waals surface area contributed by atoms with E-state index in [1.54, 1.807) is 20.8 Å². The third-order valence-corrected chi connectivity index (χ3v) is 4.54. The molecule has 1 aromatic heterocycles. The number of aromatic nitrogens is 2. The number of sulfonamides is 1. The Kier molecular flexibility index (Phi) is 5.66. The number of nitrogens with zero attached hydrogens (tertiary/aromatic N) is 4. The van der Waals surface area contributed by atoms with Crippen molar-refractivity contribution in [2.24, 2.45) is 17.2 Å². The molecule has 0 bridgehead atoms. The lowest BCUT2D eigenvalue weighted by molar-refractivity contribution is -0.119. The molecule has 0 radical (unpaired) electrons. The van der Waals surface area contributed by atoms with Crippen molar-refractivity contribution in [3.63, 3.8) is 0 Å². The molecule has 10 nitrogen and oxygen atoms in total. The number of likely N-dealkylation sites (N-methyl/N-ethyl adjacent to an activating group) is 1.